The van der Waals surface area contributed by atoms with Crippen molar-refractivity contribution in [2.24, 2.45) is 0 Å². The Kier molecular flexibility index (Phi) is 3.78. The highest BCUT2D eigenvalue weighted by Crippen LogP contribution is 2.28. The van der Waals surface area contributed by atoms with Gasteiger partial charge in [0.25, 0.3) is 5.91 Å². The SMILES string of the molecule is Cc1cc(C)c(NC(=O)c2ccc3ncsc3c2)c(Br)c1. The number of rotatable bonds is 2. The summed E-state index contributed by atoms with van der Waals surface area (Å²) in [6.07, 6.45) is 0. The Bertz CT molecular complexity index is 818. The van der Waals surface area contributed by atoms with Crippen LogP contribution >= 0.6 is 27.3 Å². The van der Waals surface area contributed by atoms with Crippen LogP contribution in [0.2, 0.25) is 0 Å². The molecule has 0 saturated heterocycles. The first-order valence-electron chi connectivity index (χ1n) is 6.46. The lowest BCUT2D eigenvalue weighted by Crippen LogP contribution is -2.13. The number of carbonyl (C=O) groups excluding carboxylic acids is 1. The van der Waals surface area contributed by atoms with Gasteiger partial charge in [-0.25, -0.2) is 4.98 Å². The Morgan fingerprint density at radius 1 is 1.24 bits per heavy atom. The van der Waals surface area contributed by atoms with Gasteiger partial charge in [-0.2, -0.15) is 0 Å². The molecule has 5 heteroatoms. The third-order valence-electron chi connectivity index (χ3n) is 3.26. The van der Waals surface area contributed by atoms with Crippen LogP contribution < -0.4 is 5.32 Å². The van der Waals surface area contributed by atoms with E-state index in [0.29, 0.717) is 5.56 Å². The van der Waals surface area contributed by atoms with Crippen LogP contribution in [-0.2, 0) is 0 Å². The summed E-state index contributed by atoms with van der Waals surface area (Å²) in [4.78, 5) is 16.6. The van der Waals surface area contributed by atoms with Crippen LogP contribution in [0.1, 0.15) is 21.5 Å². The third-order valence-corrected chi connectivity index (χ3v) is 4.68. The van der Waals surface area contributed by atoms with Crippen LogP contribution in [-0.4, -0.2) is 10.9 Å². The quantitative estimate of drug-likeness (QED) is 0.703. The second-order valence-electron chi connectivity index (χ2n) is 4.93. The molecule has 3 rings (SSSR count). The maximum Gasteiger partial charge on any atom is 0.255 e. The van der Waals surface area contributed by atoms with Gasteiger partial charge in [-0.15, -0.1) is 11.3 Å². The first kappa shape index (κ1) is 14.2. The summed E-state index contributed by atoms with van der Waals surface area (Å²) >= 11 is 5.04. The number of halogens is 1. The first-order valence-corrected chi connectivity index (χ1v) is 8.13. The molecule has 0 aliphatic carbocycles. The van der Waals surface area contributed by atoms with Gasteiger partial charge in [-0.3, -0.25) is 4.79 Å². The maximum atomic E-state index is 12.4. The molecular weight excluding hydrogens is 348 g/mol. The number of nitrogens with zero attached hydrogens (tertiary/aromatic N) is 1. The average Bonchev–Trinajstić information content (AvgIpc) is 2.89. The Hall–Kier alpha value is -1.72. The van der Waals surface area contributed by atoms with E-state index in [1.54, 1.807) is 11.6 Å². The molecule has 1 aromatic heterocycles. The minimum absolute atomic E-state index is 0.113. The molecule has 0 bridgehead atoms. The molecule has 2 aromatic carbocycles. The van der Waals surface area contributed by atoms with E-state index < -0.39 is 0 Å². The monoisotopic (exact) mass is 360 g/mol. The summed E-state index contributed by atoms with van der Waals surface area (Å²) in [6, 6.07) is 9.59. The molecule has 0 atom stereocenters. The molecule has 3 aromatic rings. The topological polar surface area (TPSA) is 42.0 Å². The van der Waals surface area contributed by atoms with Gasteiger partial charge in [0, 0.05) is 10.0 Å². The number of thiazole rings is 1. The number of amides is 1. The van der Waals surface area contributed by atoms with Crippen LogP contribution in [0.4, 0.5) is 5.69 Å². The largest absolute Gasteiger partial charge is 0.321 e. The van der Waals surface area contributed by atoms with E-state index in [1.807, 2.05) is 38.1 Å². The fourth-order valence-electron chi connectivity index (χ4n) is 2.26. The number of nitrogens with one attached hydrogen (secondary N) is 1. The molecule has 0 unspecified atom stereocenters. The van der Waals surface area contributed by atoms with Gasteiger partial charge in [0.2, 0.25) is 0 Å². The summed E-state index contributed by atoms with van der Waals surface area (Å²) < 4.78 is 1.91. The van der Waals surface area contributed by atoms with E-state index in [0.717, 1.165) is 31.5 Å². The van der Waals surface area contributed by atoms with Gasteiger partial charge in [-0.1, -0.05) is 6.07 Å². The van der Waals surface area contributed by atoms with E-state index >= 15 is 0 Å². The van der Waals surface area contributed by atoms with Crippen LogP contribution in [0.15, 0.2) is 40.3 Å². The highest BCUT2D eigenvalue weighted by Gasteiger charge is 2.12. The molecule has 106 valence electrons. The molecule has 0 fully saturated rings. The van der Waals surface area contributed by atoms with Crippen molar-refractivity contribution in [3.05, 3.63) is 57.0 Å². The van der Waals surface area contributed by atoms with Crippen LogP contribution in [0.5, 0.6) is 0 Å². The first-order chi connectivity index (χ1) is 10.0. The fourth-order valence-corrected chi connectivity index (χ4v) is 3.75. The minimum Gasteiger partial charge on any atom is -0.321 e. The molecule has 0 radical (unpaired) electrons. The van der Waals surface area contributed by atoms with Crippen LogP contribution in [0, 0.1) is 13.8 Å². The van der Waals surface area contributed by atoms with Crippen molar-refractivity contribution in [2.75, 3.05) is 5.32 Å². The summed E-state index contributed by atoms with van der Waals surface area (Å²) in [5.41, 5.74) is 6.35. The van der Waals surface area contributed by atoms with Gasteiger partial charge in [0.15, 0.2) is 0 Å². The van der Waals surface area contributed by atoms with Gasteiger partial charge < -0.3 is 5.32 Å². The van der Waals surface area contributed by atoms with E-state index in [4.69, 9.17) is 0 Å². The molecule has 0 aliphatic heterocycles. The number of fused-ring (bicyclic) bond motifs is 1. The zero-order valence-corrected chi connectivity index (χ0v) is 14.0. The zero-order valence-electron chi connectivity index (χ0n) is 11.6. The lowest BCUT2D eigenvalue weighted by atomic mass is 10.1. The van der Waals surface area contributed by atoms with Gasteiger partial charge >= 0.3 is 0 Å². The third kappa shape index (κ3) is 2.84. The predicted molar refractivity (Wildman–Crippen MR) is 91.2 cm³/mol. The Labute approximate surface area is 135 Å². The number of aromatic nitrogens is 1. The summed E-state index contributed by atoms with van der Waals surface area (Å²) in [5, 5.41) is 2.98. The van der Waals surface area contributed by atoms with Crippen molar-refractivity contribution in [2.45, 2.75) is 13.8 Å². The van der Waals surface area contributed by atoms with Crippen molar-refractivity contribution in [1.82, 2.24) is 4.98 Å². The minimum atomic E-state index is -0.113. The van der Waals surface area contributed by atoms with E-state index in [2.05, 4.69) is 26.2 Å². The van der Waals surface area contributed by atoms with Crippen molar-refractivity contribution in [3.63, 3.8) is 0 Å². The molecule has 0 aliphatic rings. The van der Waals surface area contributed by atoms with E-state index in [9.17, 15) is 4.79 Å². The maximum absolute atomic E-state index is 12.4. The summed E-state index contributed by atoms with van der Waals surface area (Å²) in [6.45, 7) is 4.01. The molecule has 1 amide bonds. The fraction of sp³-hybridized carbons (Fsp3) is 0.125. The summed E-state index contributed by atoms with van der Waals surface area (Å²) in [5.74, 6) is -0.113. The number of benzene rings is 2. The molecule has 1 N–H and O–H groups in total. The van der Waals surface area contributed by atoms with E-state index in [1.165, 1.54) is 11.3 Å². The van der Waals surface area contributed by atoms with Gasteiger partial charge in [0.1, 0.15) is 0 Å². The molecule has 21 heavy (non-hydrogen) atoms. The summed E-state index contributed by atoms with van der Waals surface area (Å²) in [7, 11) is 0. The van der Waals surface area contributed by atoms with Gasteiger partial charge in [0.05, 0.1) is 21.4 Å². The van der Waals surface area contributed by atoms with Crippen LogP contribution in [0.25, 0.3) is 10.2 Å². The molecule has 3 nitrogen and oxygen atoms in total. The van der Waals surface area contributed by atoms with Crippen molar-refractivity contribution in [3.8, 4) is 0 Å². The van der Waals surface area contributed by atoms with Crippen molar-refractivity contribution >= 4 is 49.1 Å². The zero-order chi connectivity index (χ0) is 15.0. The number of anilines is 1. The smallest absolute Gasteiger partial charge is 0.255 e. The highest BCUT2D eigenvalue weighted by atomic mass is 79.9. The highest BCUT2D eigenvalue weighted by molar-refractivity contribution is 9.10. The number of carbonyl (C=O) groups is 1. The Balaban J connectivity index is 1.92. The van der Waals surface area contributed by atoms with Crippen molar-refractivity contribution < 1.29 is 4.79 Å². The molecule has 1 heterocycles. The Morgan fingerprint density at radius 3 is 2.81 bits per heavy atom. The second-order valence-corrected chi connectivity index (χ2v) is 6.67. The normalized spacial score (nSPS) is 10.8. The van der Waals surface area contributed by atoms with E-state index in [-0.39, 0.29) is 5.91 Å². The van der Waals surface area contributed by atoms with Gasteiger partial charge in [-0.05, 0) is 65.2 Å². The second kappa shape index (κ2) is 5.58. The predicted octanol–water partition coefficient (Wildman–Crippen LogP) is 4.93. The molecule has 0 saturated carbocycles. The lowest BCUT2D eigenvalue weighted by molar-refractivity contribution is 0.102. The van der Waals surface area contributed by atoms with Crippen LogP contribution in [0.3, 0.4) is 0 Å². The average molecular weight is 361 g/mol. The standard InChI is InChI=1S/C16H13BrN2OS/c1-9-5-10(2)15(12(17)6-9)19-16(20)11-3-4-13-14(7-11)21-8-18-13/h3-8H,1-2H3,(H,19,20). The molecular formula is C16H13BrN2OS. The van der Waals surface area contributed by atoms with Crippen molar-refractivity contribution in [1.29, 1.82) is 0 Å². The number of hydrogen-bond acceptors (Lipinski definition) is 3. The number of aryl methyl sites for hydroxylation is 2. The molecule has 0 spiro atoms. The Morgan fingerprint density at radius 2 is 2.05 bits per heavy atom. The lowest BCUT2D eigenvalue weighted by Gasteiger charge is -2.12. The number of hydrogen-bond donors (Lipinski definition) is 1.